The Morgan fingerprint density at radius 2 is 1.20 bits per heavy atom. The van der Waals surface area contributed by atoms with Crippen LogP contribution in [0.5, 0.6) is 0 Å². The van der Waals surface area contributed by atoms with Gasteiger partial charge in [-0.1, -0.05) is 39.5 Å². The molecule has 2 fully saturated rings. The van der Waals surface area contributed by atoms with Crippen LogP contribution in [0.25, 0.3) is 0 Å². The number of hydrogen-bond donors (Lipinski definition) is 1. The van der Waals surface area contributed by atoms with Crippen LogP contribution in [0.3, 0.4) is 0 Å². The minimum Gasteiger partial charge on any atom is -0.311 e. The predicted octanol–water partition coefficient (Wildman–Crippen LogP) is 3.73. The van der Waals surface area contributed by atoms with Gasteiger partial charge in [0.15, 0.2) is 0 Å². The van der Waals surface area contributed by atoms with E-state index in [1.807, 2.05) is 0 Å². The van der Waals surface area contributed by atoms with Crippen molar-refractivity contribution >= 4 is 0 Å². The molecule has 1 N–H and O–H groups in total. The third-order valence-corrected chi connectivity index (χ3v) is 4.34. The summed E-state index contributed by atoms with van der Waals surface area (Å²) in [5, 5.41) is 3.92. The lowest BCUT2D eigenvalue weighted by atomic mass is 9.83. The SMILES string of the molecule is CC1CCCC(NC2CCCC(C)C2)C1. The molecule has 0 aromatic carbocycles. The van der Waals surface area contributed by atoms with Crippen LogP contribution in [-0.2, 0) is 0 Å². The van der Waals surface area contributed by atoms with Crippen molar-refractivity contribution in [1.82, 2.24) is 5.32 Å². The minimum atomic E-state index is 0.837. The van der Waals surface area contributed by atoms with Gasteiger partial charge in [0, 0.05) is 12.1 Å². The molecule has 2 aliphatic carbocycles. The Bertz CT molecular complexity index is 170. The summed E-state index contributed by atoms with van der Waals surface area (Å²) in [7, 11) is 0. The zero-order chi connectivity index (χ0) is 10.7. The molecule has 2 rings (SSSR count). The van der Waals surface area contributed by atoms with Crippen molar-refractivity contribution in [3.8, 4) is 0 Å². The summed E-state index contributed by atoms with van der Waals surface area (Å²) in [6, 6.07) is 1.67. The summed E-state index contributed by atoms with van der Waals surface area (Å²) >= 11 is 0. The Hall–Kier alpha value is -0.0400. The number of hydrogen-bond acceptors (Lipinski definition) is 1. The van der Waals surface area contributed by atoms with Gasteiger partial charge in [-0.2, -0.15) is 0 Å². The van der Waals surface area contributed by atoms with Crippen LogP contribution in [0, 0.1) is 11.8 Å². The van der Waals surface area contributed by atoms with E-state index in [0.29, 0.717) is 0 Å². The van der Waals surface area contributed by atoms with Crippen LogP contribution >= 0.6 is 0 Å². The second kappa shape index (κ2) is 5.34. The molecule has 0 heterocycles. The smallest absolute Gasteiger partial charge is 0.00721 e. The molecule has 0 radical (unpaired) electrons. The highest BCUT2D eigenvalue weighted by Gasteiger charge is 2.24. The van der Waals surface area contributed by atoms with Crippen molar-refractivity contribution in [2.45, 2.75) is 77.3 Å². The predicted molar refractivity (Wildman–Crippen MR) is 66.0 cm³/mol. The van der Waals surface area contributed by atoms with Crippen molar-refractivity contribution < 1.29 is 0 Å². The second-order valence-corrected chi connectivity index (χ2v) is 6.10. The van der Waals surface area contributed by atoms with Crippen LogP contribution in [0.4, 0.5) is 0 Å². The molecule has 0 saturated heterocycles. The van der Waals surface area contributed by atoms with Gasteiger partial charge in [0.25, 0.3) is 0 Å². The topological polar surface area (TPSA) is 12.0 Å². The molecule has 88 valence electrons. The molecule has 4 atom stereocenters. The Morgan fingerprint density at radius 1 is 0.733 bits per heavy atom. The second-order valence-electron chi connectivity index (χ2n) is 6.10. The first-order valence-electron chi connectivity index (χ1n) is 7.00. The van der Waals surface area contributed by atoms with Crippen molar-refractivity contribution in [1.29, 1.82) is 0 Å². The van der Waals surface area contributed by atoms with Crippen LogP contribution in [0.15, 0.2) is 0 Å². The molecule has 0 aliphatic heterocycles. The molecular weight excluding hydrogens is 182 g/mol. The Labute approximate surface area is 95.0 Å². The van der Waals surface area contributed by atoms with Crippen LogP contribution in [-0.4, -0.2) is 12.1 Å². The van der Waals surface area contributed by atoms with Crippen molar-refractivity contribution in [3.63, 3.8) is 0 Å². The van der Waals surface area contributed by atoms with E-state index in [1.54, 1.807) is 0 Å². The van der Waals surface area contributed by atoms with Gasteiger partial charge < -0.3 is 5.32 Å². The van der Waals surface area contributed by atoms with Gasteiger partial charge >= 0.3 is 0 Å². The van der Waals surface area contributed by atoms with E-state index in [9.17, 15) is 0 Å². The maximum atomic E-state index is 3.92. The normalized spacial score (nSPS) is 42.8. The summed E-state index contributed by atoms with van der Waals surface area (Å²) < 4.78 is 0. The van der Waals surface area contributed by atoms with Gasteiger partial charge in [-0.3, -0.25) is 0 Å². The molecule has 0 aromatic heterocycles. The Morgan fingerprint density at radius 3 is 1.60 bits per heavy atom. The monoisotopic (exact) mass is 209 g/mol. The third-order valence-electron chi connectivity index (χ3n) is 4.34. The number of rotatable bonds is 2. The lowest BCUT2D eigenvalue weighted by molar-refractivity contribution is 0.232. The fourth-order valence-electron chi connectivity index (χ4n) is 3.50. The van der Waals surface area contributed by atoms with Gasteiger partial charge in [-0.15, -0.1) is 0 Å². The van der Waals surface area contributed by atoms with E-state index in [-0.39, 0.29) is 0 Å². The maximum absolute atomic E-state index is 3.92. The van der Waals surface area contributed by atoms with Gasteiger partial charge in [0.2, 0.25) is 0 Å². The van der Waals surface area contributed by atoms with Crippen LogP contribution in [0.1, 0.15) is 65.2 Å². The average Bonchev–Trinajstić information content (AvgIpc) is 2.17. The molecule has 2 saturated carbocycles. The Balaban J connectivity index is 1.75. The van der Waals surface area contributed by atoms with E-state index in [4.69, 9.17) is 0 Å². The first-order valence-corrected chi connectivity index (χ1v) is 7.00. The summed E-state index contributed by atoms with van der Waals surface area (Å²) in [5.41, 5.74) is 0. The van der Waals surface area contributed by atoms with E-state index in [1.165, 1.54) is 51.4 Å². The van der Waals surface area contributed by atoms with Crippen molar-refractivity contribution in [2.75, 3.05) is 0 Å². The maximum Gasteiger partial charge on any atom is 0.00721 e. The van der Waals surface area contributed by atoms with E-state index >= 15 is 0 Å². The minimum absolute atomic E-state index is 0.837. The largest absolute Gasteiger partial charge is 0.311 e. The molecule has 15 heavy (non-hydrogen) atoms. The Kier molecular flexibility index (Phi) is 4.07. The molecule has 0 amide bonds. The number of nitrogens with one attached hydrogen (secondary N) is 1. The summed E-state index contributed by atoms with van der Waals surface area (Å²) in [6.07, 6.45) is 11.5. The molecule has 2 aliphatic rings. The zero-order valence-electron chi connectivity index (χ0n) is 10.5. The third kappa shape index (κ3) is 3.48. The van der Waals surface area contributed by atoms with Crippen LogP contribution in [0.2, 0.25) is 0 Å². The van der Waals surface area contributed by atoms with Crippen molar-refractivity contribution in [3.05, 3.63) is 0 Å². The molecule has 0 bridgehead atoms. The lowest BCUT2D eigenvalue weighted by Gasteiger charge is -2.34. The fraction of sp³-hybridized carbons (Fsp3) is 1.00. The van der Waals surface area contributed by atoms with E-state index in [2.05, 4.69) is 19.2 Å². The molecule has 0 aromatic rings. The summed E-state index contributed by atoms with van der Waals surface area (Å²) in [5.74, 6) is 1.91. The lowest BCUT2D eigenvalue weighted by Crippen LogP contribution is -2.42. The van der Waals surface area contributed by atoms with Crippen LogP contribution < -0.4 is 5.32 Å². The highest BCUT2D eigenvalue weighted by atomic mass is 15.0. The molecule has 4 unspecified atom stereocenters. The molecule has 1 nitrogen and oxygen atoms in total. The average molecular weight is 209 g/mol. The van der Waals surface area contributed by atoms with Gasteiger partial charge in [-0.05, 0) is 37.5 Å². The summed E-state index contributed by atoms with van der Waals surface area (Å²) in [4.78, 5) is 0. The highest BCUT2D eigenvalue weighted by molar-refractivity contribution is 4.82. The van der Waals surface area contributed by atoms with Crippen molar-refractivity contribution in [2.24, 2.45) is 11.8 Å². The first-order chi connectivity index (χ1) is 7.24. The quantitative estimate of drug-likeness (QED) is 0.730. The molecular formula is C14H27N. The zero-order valence-corrected chi connectivity index (χ0v) is 10.5. The van der Waals surface area contributed by atoms with Gasteiger partial charge in [0.05, 0.1) is 0 Å². The standard InChI is InChI=1S/C14H27N/c1-11-5-3-7-13(9-11)15-14-8-4-6-12(2)10-14/h11-15H,3-10H2,1-2H3. The molecule has 1 heteroatoms. The van der Waals surface area contributed by atoms with E-state index < -0.39 is 0 Å². The van der Waals surface area contributed by atoms with Gasteiger partial charge in [-0.25, -0.2) is 0 Å². The van der Waals surface area contributed by atoms with E-state index in [0.717, 1.165) is 23.9 Å². The first kappa shape index (κ1) is 11.4. The highest BCUT2D eigenvalue weighted by Crippen LogP contribution is 2.27. The summed E-state index contributed by atoms with van der Waals surface area (Å²) in [6.45, 7) is 4.83. The molecule has 0 spiro atoms. The van der Waals surface area contributed by atoms with Gasteiger partial charge in [0.1, 0.15) is 0 Å². The fourth-order valence-corrected chi connectivity index (χ4v) is 3.50.